The van der Waals surface area contributed by atoms with E-state index in [9.17, 15) is 14.4 Å². The Morgan fingerprint density at radius 2 is 2.10 bits per heavy atom. The largest absolute Gasteiger partial charge is 0.480 e. The number of ether oxygens (including phenoxy) is 1. The maximum Gasteiger partial charge on any atom is 0.326 e. The Balaban J connectivity index is 2.57. The average Bonchev–Trinajstić information content (AvgIpc) is 2.32. The smallest absolute Gasteiger partial charge is 0.326 e. The Labute approximate surface area is 117 Å². The van der Waals surface area contributed by atoms with Crippen molar-refractivity contribution in [2.45, 2.75) is 38.3 Å². The summed E-state index contributed by atoms with van der Waals surface area (Å²) < 4.78 is 5.48. The van der Waals surface area contributed by atoms with Crippen LogP contribution in [0.15, 0.2) is 0 Å². The SMILES string of the molecule is CC1(C)CN(C(=O)N[C@H](CCC(N)=O)C(=O)O)CCO1. The molecule has 20 heavy (non-hydrogen) atoms. The number of primary amides is 1. The number of carbonyl (C=O) groups excluding carboxylic acids is 2. The zero-order valence-corrected chi connectivity index (χ0v) is 11.7. The van der Waals surface area contributed by atoms with Crippen LogP contribution in [0.4, 0.5) is 4.79 Å². The molecule has 0 aromatic rings. The summed E-state index contributed by atoms with van der Waals surface area (Å²) in [5, 5.41) is 11.4. The van der Waals surface area contributed by atoms with Gasteiger partial charge in [0, 0.05) is 13.0 Å². The number of carboxylic acid groups (broad SMARTS) is 1. The lowest BCUT2D eigenvalue weighted by atomic mass is 10.1. The summed E-state index contributed by atoms with van der Waals surface area (Å²) >= 11 is 0. The molecule has 1 heterocycles. The summed E-state index contributed by atoms with van der Waals surface area (Å²) in [5.41, 5.74) is 4.52. The highest BCUT2D eigenvalue weighted by Gasteiger charge is 2.31. The maximum absolute atomic E-state index is 12.0. The summed E-state index contributed by atoms with van der Waals surface area (Å²) in [7, 11) is 0. The van der Waals surface area contributed by atoms with E-state index in [0.29, 0.717) is 19.7 Å². The molecule has 8 heteroatoms. The number of morpholine rings is 1. The molecular formula is C12H21N3O5. The van der Waals surface area contributed by atoms with Gasteiger partial charge in [-0.1, -0.05) is 0 Å². The van der Waals surface area contributed by atoms with Gasteiger partial charge in [0.05, 0.1) is 18.8 Å². The van der Waals surface area contributed by atoms with Gasteiger partial charge in [-0.3, -0.25) is 4.79 Å². The van der Waals surface area contributed by atoms with Crippen molar-refractivity contribution in [2.24, 2.45) is 5.73 Å². The highest BCUT2D eigenvalue weighted by Crippen LogP contribution is 2.16. The molecule has 1 rings (SSSR count). The summed E-state index contributed by atoms with van der Waals surface area (Å²) in [6.07, 6.45) is -0.115. The van der Waals surface area contributed by atoms with Crippen LogP contribution in [0.1, 0.15) is 26.7 Å². The molecule has 0 aromatic heterocycles. The number of hydrogen-bond acceptors (Lipinski definition) is 4. The van der Waals surface area contributed by atoms with Gasteiger partial charge >= 0.3 is 12.0 Å². The molecule has 1 aliphatic rings. The normalized spacial score (nSPS) is 19.2. The van der Waals surface area contributed by atoms with Crippen molar-refractivity contribution < 1.29 is 24.2 Å². The number of carboxylic acids is 1. The van der Waals surface area contributed by atoms with Crippen molar-refractivity contribution >= 4 is 17.9 Å². The van der Waals surface area contributed by atoms with E-state index in [2.05, 4.69) is 5.32 Å². The van der Waals surface area contributed by atoms with Crippen LogP contribution in [-0.4, -0.2) is 59.3 Å². The second kappa shape index (κ2) is 6.56. The van der Waals surface area contributed by atoms with Crippen LogP contribution < -0.4 is 11.1 Å². The number of rotatable bonds is 5. The lowest BCUT2D eigenvalue weighted by molar-refractivity contribution is -0.139. The Bertz CT molecular complexity index is 397. The van der Waals surface area contributed by atoms with Crippen molar-refractivity contribution in [3.8, 4) is 0 Å². The van der Waals surface area contributed by atoms with Crippen molar-refractivity contribution in [3.63, 3.8) is 0 Å². The minimum Gasteiger partial charge on any atom is -0.480 e. The first-order valence-electron chi connectivity index (χ1n) is 6.42. The van der Waals surface area contributed by atoms with E-state index < -0.39 is 29.6 Å². The molecule has 3 amide bonds. The first kappa shape index (κ1) is 16.2. The number of nitrogens with one attached hydrogen (secondary N) is 1. The van der Waals surface area contributed by atoms with Crippen molar-refractivity contribution in [2.75, 3.05) is 19.7 Å². The average molecular weight is 287 g/mol. The predicted molar refractivity (Wildman–Crippen MR) is 70.0 cm³/mol. The van der Waals surface area contributed by atoms with E-state index in [1.165, 1.54) is 4.90 Å². The third kappa shape index (κ3) is 5.04. The van der Waals surface area contributed by atoms with Crippen molar-refractivity contribution in [3.05, 3.63) is 0 Å². The van der Waals surface area contributed by atoms with Crippen LogP contribution >= 0.6 is 0 Å². The van der Waals surface area contributed by atoms with Crippen LogP contribution in [0.3, 0.4) is 0 Å². The summed E-state index contributed by atoms with van der Waals surface area (Å²) in [4.78, 5) is 35.3. The molecule has 0 radical (unpaired) electrons. The van der Waals surface area contributed by atoms with Crippen LogP contribution in [0.25, 0.3) is 0 Å². The fourth-order valence-electron chi connectivity index (χ4n) is 1.97. The molecule has 1 saturated heterocycles. The minimum atomic E-state index is -1.19. The van der Waals surface area contributed by atoms with Gasteiger partial charge in [-0.05, 0) is 20.3 Å². The van der Waals surface area contributed by atoms with Gasteiger partial charge in [-0.2, -0.15) is 0 Å². The number of nitrogens with zero attached hydrogens (tertiary/aromatic N) is 1. The Hall–Kier alpha value is -1.83. The van der Waals surface area contributed by atoms with Gasteiger partial charge in [-0.15, -0.1) is 0 Å². The zero-order chi connectivity index (χ0) is 15.3. The standard InChI is InChI=1S/C12H21N3O5/c1-12(2)7-15(5-6-20-12)11(19)14-8(10(17)18)3-4-9(13)16/h8H,3-7H2,1-2H3,(H2,13,16)(H,14,19)(H,17,18)/t8-/m1/s1. The lowest BCUT2D eigenvalue weighted by Gasteiger charge is -2.38. The number of aliphatic carboxylic acids is 1. The third-order valence-corrected chi connectivity index (χ3v) is 2.99. The molecule has 0 unspecified atom stereocenters. The van der Waals surface area contributed by atoms with Crippen molar-refractivity contribution in [1.82, 2.24) is 10.2 Å². The summed E-state index contributed by atoms with van der Waals surface area (Å²) in [6, 6.07) is -1.60. The van der Waals surface area contributed by atoms with E-state index in [0.717, 1.165) is 0 Å². The first-order chi connectivity index (χ1) is 9.21. The van der Waals surface area contributed by atoms with Crippen molar-refractivity contribution in [1.29, 1.82) is 0 Å². The summed E-state index contributed by atoms with van der Waals surface area (Å²) in [6.45, 7) is 4.89. The highest BCUT2D eigenvalue weighted by atomic mass is 16.5. The molecule has 1 aliphatic heterocycles. The molecule has 0 saturated carbocycles. The van der Waals surface area contributed by atoms with E-state index in [1.807, 2.05) is 13.8 Å². The molecule has 0 spiro atoms. The molecular weight excluding hydrogens is 266 g/mol. The second-order valence-corrected chi connectivity index (χ2v) is 5.38. The number of nitrogens with two attached hydrogens (primary N) is 1. The molecule has 1 atom stereocenters. The Morgan fingerprint density at radius 3 is 2.60 bits per heavy atom. The fraction of sp³-hybridized carbons (Fsp3) is 0.750. The molecule has 4 N–H and O–H groups in total. The highest BCUT2D eigenvalue weighted by molar-refractivity contribution is 5.83. The van der Waals surface area contributed by atoms with Gasteiger partial charge in [-0.25, -0.2) is 9.59 Å². The number of urea groups is 1. The van der Waals surface area contributed by atoms with Crippen LogP contribution in [0.5, 0.6) is 0 Å². The second-order valence-electron chi connectivity index (χ2n) is 5.38. The van der Waals surface area contributed by atoms with E-state index in [-0.39, 0.29) is 12.8 Å². The summed E-state index contributed by atoms with van der Waals surface area (Å²) in [5.74, 6) is -1.79. The number of hydrogen-bond donors (Lipinski definition) is 3. The predicted octanol–water partition coefficient (Wildman–Crippen LogP) is -0.474. The van der Waals surface area contributed by atoms with Gasteiger partial charge in [0.1, 0.15) is 6.04 Å². The molecule has 0 bridgehead atoms. The Kier molecular flexibility index (Phi) is 5.32. The van der Waals surface area contributed by atoms with Crippen LogP contribution in [0.2, 0.25) is 0 Å². The molecule has 8 nitrogen and oxygen atoms in total. The Morgan fingerprint density at radius 1 is 1.45 bits per heavy atom. The number of carbonyl (C=O) groups is 3. The topological polar surface area (TPSA) is 122 Å². The van der Waals surface area contributed by atoms with Gasteiger partial charge in [0.15, 0.2) is 0 Å². The van der Waals surface area contributed by atoms with Gasteiger partial charge in [0.2, 0.25) is 5.91 Å². The molecule has 0 aliphatic carbocycles. The zero-order valence-electron chi connectivity index (χ0n) is 11.7. The van der Waals surface area contributed by atoms with E-state index in [4.69, 9.17) is 15.6 Å². The van der Waals surface area contributed by atoms with Gasteiger partial charge < -0.3 is 25.8 Å². The van der Waals surface area contributed by atoms with Gasteiger partial charge in [0.25, 0.3) is 0 Å². The third-order valence-electron chi connectivity index (χ3n) is 2.99. The molecule has 1 fully saturated rings. The monoisotopic (exact) mass is 287 g/mol. The van der Waals surface area contributed by atoms with E-state index >= 15 is 0 Å². The maximum atomic E-state index is 12.0. The molecule has 0 aromatic carbocycles. The quantitative estimate of drug-likeness (QED) is 0.630. The minimum absolute atomic E-state index is 0.0237. The van der Waals surface area contributed by atoms with Crippen LogP contribution in [0, 0.1) is 0 Å². The van der Waals surface area contributed by atoms with E-state index in [1.54, 1.807) is 0 Å². The number of amides is 3. The fourth-order valence-corrected chi connectivity index (χ4v) is 1.97. The lowest BCUT2D eigenvalue weighted by Crippen LogP contribution is -2.56. The molecule has 114 valence electrons. The van der Waals surface area contributed by atoms with Crippen LogP contribution in [-0.2, 0) is 14.3 Å². The first-order valence-corrected chi connectivity index (χ1v) is 6.42.